The zero-order valence-corrected chi connectivity index (χ0v) is 7.31. The van der Waals surface area contributed by atoms with Gasteiger partial charge in [-0.25, -0.2) is 0 Å². The molecule has 2 bridgehead atoms. The quantitative estimate of drug-likeness (QED) is 0.540. The lowest BCUT2D eigenvalue weighted by Gasteiger charge is -2.25. The van der Waals surface area contributed by atoms with Crippen molar-refractivity contribution in [2.75, 3.05) is 0 Å². The standard InChI is InChI=1S/C11H18/c1-2-3-6-11-7-4-10(9-11)5-8-11/h2,10H,1,3-9H2. The van der Waals surface area contributed by atoms with Crippen LogP contribution in [0.2, 0.25) is 0 Å². The zero-order valence-electron chi connectivity index (χ0n) is 7.31. The Hall–Kier alpha value is -0.260. The summed E-state index contributed by atoms with van der Waals surface area (Å²) in [6.07, 6.45) is 12.4. The Morgan fingerprint density at radius 3 is 2.55 bits per heavy atom. The summed E-state index contributed by atoms with van der Waals surface area (Å²) < 4.78 is 0. The molecule has 0 atom stereocenters. The largest absolute Gasteiger partial charge is 0.103 e. The van der Waals surface area contributed by atoms with E-state index in [1.165, 1.54) is 38.5 Å². The minimum Gasteiger partial charge on any atom is -0.103 e. The molecule has 62 valence electrons. The second kappa shape index (κ2) is 2.66. The second-order valence-electron chi connectivity index (χ2n) is 4.47. The monoisotopic (exact) mass is 150 g/mol. The van der Waals surface area contributed by atoms with Crippen LogP contribution in [0.5, 0.6) is 0 Å². The molecule has 0 aromatic rings. The number of hydrogen-bond acceptors (Lipinski definition) is 0. The first-order valence-corrected chi connectivity index (χ1v) is 4.96. The topological polar surface area (TPSA) is 0 Å². The van der Waals surface area contributed by atoms with E-state index in [-0.39, 0.29) is 0 Å². The molecule has 0 nitrogen and oxygen atoms in total. The molecule has 2 aliphatic carbocycles. The molecule has 0 heteroatoms. The van der Waals surface area contributed by atoms with E-state index in [0.717, 1.165) is 11.3 Å². The Balaban J connectivity index is 1.94. The smallest absolute Gasteiger partial charge is 0.0292 e. The molecule has 0 heterocycles. The molecular weight excluding hydrogens is 132 g/mol. The minimum atomic E-state index is 0.791. The van der Waals surface area contributed by atoms with Crippen molar-refractivity contribution in [2.24, 2.45) is 11.3 Å². The summed E-state index contributed by atoms with van der Waals surface area (Å²) in [5, 5.41) is 0. The molecule has 0 aliphatic heterocycles. The summed E-state index contributed by atoms with van der Waals surface area (Å²) in [6, 6.07) is 0. The van der Waals surface area contributed by atoms with Crippen LogP contribution >= 0.6 is 0 Å². The highest BCUT2D eigenvalue weighted by Crippen LogP contribution is 2.56. The van der Waals surface area contributed by atoms with Crippen molar-refractivity contribution in [1.82, 2.24) is 0 Å². The van der Waals surface area contributed by atoms with Gasteiger partial charge >= 0.3 is 0 Å². The number of allylic oxidation sites excluding steroid dienone is 1. The van der Waals surface area contributed by atoms with E-state index in [1.807, 2.05) is 0 Å². The molecule has 2 aliphatic rings. The van der Waals surface area contributed by atoms with Gasteiger partial charge in [-0.15, -0.1) is 6.58 Å². The molecule has 0 radical (unpaired) electrons. The van der Waals surface area contributed by atoms with Gasteiger partial charge in [0, 0.05) is 0 Å². The van der Waals surface area contributed by atoms with E-state index in [1.54, 1.807) is 6.42 Å². The summed E-state index contributed by atoms with van der Waals surface area (Å²) in [4.78, 5) is 0. The second-order valence-corrected chi connectivity index (χ2v) is 4.47. The first-order chi connectivity index (χ1) is 5.35. The highest BCUT2D eigenvalue weighted by Gasteiger charge is 2.43. The van der Waals surface area contributed by atoms with Crippen LogP contribution in [0.1, 0.15) is 44.9 Å². The van der Waals surface area contributed by atoms with Gasteiger partial charge in [0.1, 0.15) is 0 Å². The van der Waals surface area contributed by atoms with Crippen molar-refractivity contribution in [2.45, 2.75) is 44.9 Å². The maximum absolute atomic E-state index is 3.80. The van der Waals surface area contributed by atoms with E-state index in [4.69, 9.17) is 0 Å². The SMILES string of the molecule is C=CCCC12CCC(CC1)C2. The van der Waals surface area contributed by atoms with Crippen molar-refractivity contribution in [1.29, 1.82) is 0 Å². The molecule has 0 aromatic carbocycles. The molecule has 0 N–H and O–H groups in total. The molecule has 11 heavy (non-hydrogen) atoms. The van der Waals surface area contributed by atoms with Gasteiger partial charge in [0.25, 0.3) is 0 Å². The van der Waals surface area contributed by atoms with E-state index in [9.17, 15) is 0 Å². The Kier molecular flexibility index (Phi) is 1.78. The lowest BCUT2D eigenvalue weighted by Crippen LogP contribution is -2.12. The van der Waals surface area contributed by atoms with Crippen LogP contribution in [-0.2, 0) is 0 Å². The van der Waals surface area contributed by atoms with Gasteiger partial charge in [-0.1, -0.05) is 6.08 Å². The number of rotatable bonds is 3. The molecule has 2 rings (SSSR count). The summed E-state index contributed by atoms with van der Waals surface area (Å²) in [6.45, 7) is 3.80. The van der Waals surface area contributed by atoms with Gasteiger partial charge in [-0.3, -0.25) is 0 Å². The Labute approximate surface area is 69.7 Å². The van der Waals surface area contributed by atoms with E-state index >= 15 is 0 Å². The molecular formula is C11H18. The molecule has 2 saturated carbocycles. The molecule has 0 saturated heterocycles. The summed E-state index contributed by atoms with van der Waals surface area (Å²) in [7, 11) is 0. The molecule has 2 fully saturated rings. The summed E-state index contributed by atoms with van der Waals surface area (Å²) >= 11 is 0. The Bertz CT molecular complexity index is 149. The predicted octanol–water partition coefficient (Wildman–Crippen LogP) is 3.53. The van der Waals surface area contributed by atoms with Crippen LogP contribution in [0.3, 0.4) is 0 Å². The average molecular weight is 150 g/mol. The summed E-state index contributed by atoms with van der Waals surface area (Å²) in [5.41, 5.74) is 0.791. The van der Waals surface area contributed by atoms with E-state index < -0.39 is 0 Å². The fraction of sp³-hybridized carbons (Fsp3) is 0.818. The summed E-state index contributed by atoms with van der Waals surface area (Å²) in [5.74, 6) is 1.11. The van der Waals surface area contributed by atoms with Crippen LogP contribution in [0, 0.1) is 11.3 Å². The van der Waals surface area contributed by atoms with Gasteiger partial charge in [-0.05, 0) is 56.3 Å². The van der Waals surface area contributed by atoms with Crippen LogP contribution in [-0.4, -0.2) is 0 Å². The van der Waals surface area contributed by atoms with Crippen LogP contribution in [0.25, 0.3) is 0 Å². The minimum absolute atomic E-state index is 0.791. The lowest BCUT2D eigenvalue weighted by atomic mass is 9.80. The van der Waals surface area contributed by atoms with Crippen LogP contribution in [0.4, 0.5) is 0 Å². The zero-order chi connectivity index (χ0) is 7.73. The van der Waals surface area contributed by atoms with Gasteiger partial charge < -0.3 is 0 Å². The molecule has 0 amide bonds. The van der Waals surface area contributed by atoms with Crippen molar-refractivity contribution < 1.29 is 0 Å². The van der Waals surface area contributed by atoms with Crippen molar-refractivity contribution in [3.05, 3.63) is 12.7 Å². The van der Waals surface area contributed by atoms with Gasteiger partial charge in [0.15, 0.2) is 0 Å². The first-order valence-electron chi connectivity index (χ1n) is 4.96. The molecule has 0 spiro atoms. The Morgan fingerprint density at radius 1 is 1.36 bits per heavy atom. The molecule has 0 aromatic heterocycles. The van der Waals surface area contributed by atoms with Crippen molar-refractivity contribution in [3.63, 3.8) is 0 Å². The van der Waals surface area contributed by atoms with Crippen LogP contribution in [0.15, 0.2) is 12.7 Å². The maximum Gasteiger partial charge on any atom is -0.0292 e. The third-order valence-electron chi connectivity index (χ3n) is 3.77. The number of hydrogen-bond donors (Lipinski definition) is 0. The average Bonchev–Trinajstić information content (AvgIpc) is 2.60. The van der Waals surface area contributed by atoms with Gasteiger partial charge in [0.05, 0.1) is 0 Å². The third-order valence-corrected chi connectivity index (χ3v) is 3.77. The number of fused-ring (bicyclic) bond motifs is 2. The third kappa shape index (κ3) is 1.23. The van der Waals surface area contributed by atoms with E-state index in [2.05, 4.69) is 12.7 Å². The fourth-order valence-electron chi connectivity index (χ4n) is 3.07. The fourth-order valence-corrected chi connectivity index (χ4v) is 3.07. The highest BCUT2D eigenvalue weighted by atomic mass is 14.5. The maximum atomic E-state index is 3.80. The van der Waals surface area contributed by atoms with Crippen molar-refractivity contribution in [3.8, 4) is 0 Å². The lowest BCUT2D eigenvalue weighted by molar-refractivity contribution is 0.273. The normalized spacial score (nSPS) is 41.3. The van der Waals surface area contributed by atoms with Gasteiger partial charge in [0.2, 0.25) is 0 Å². The van der Waals surface area contributed by atoms with Crippen LogP contribution < -0.4 is 0 Å². The van der Waals surface area contributed by atoms with Crippen molar-refractivity contribution >= 4 is 0 Å². The first kappa shape index (κ1) is 7.39. The van der Waals surface area contributed by atoms with Gasteiger partial charge in [-0.2, -0.15) is 0 Å². The van der Waals surface area contributed by atoms with E-state index in [0.29, 0.717) is 0 Å². The predicted molar refractivity (Wildman–Crippen MR) is 48.4 cm³/mol. The highest BCUT2D eigenvalue weighted by molar-refractivity contribution is 4.96. The molecule has 0 unspecified atom stereocenters. The Morgan fingerprint density at radius 2 is 2.09 bits per heavy atom.